The third-order valence-electron chi connectivity index (χ3n) is 1.62. The normalized spacial score (nSPS) is 12.1. The second-order valence-electron chi connectivity index (χ2n) is 2.59. The maximum Gasteiger partial charge on any atom is 0.307 e. The molecule has 1 atom stereocenters. The zero-order valence-electron chi connectivity index (χ0n) is 7.53. The maximum absolute atomic E-state index is 11.6. The first-order chi connectivity index (χ1) is 6.65. The molecule has 1 heterocycles. The molecule has 0 aliphatic rings. The highest BCUT2D eigenvalue weighted by molar-refractivity contribution is 9.10. The van der Waals surface area contributed by atoms with Gasteiger partial charge in [-0.15, -0.1) is 11.3 Å². The maximum atomic E-state index is 11.6. The summed E-state index contributed by atoms with van der Waals surface area (Å²) in [6.07, 6.45) is 0.0627. The number of methoxy groups -OCH3 is 1. The van der Waals surface area contributed by atoms with E-state index in [1.807, 2.05) is 5.38 Å². The minimum Gasteiger partial charge on any atom is -0.469 e. The number of hydrogen-bond acceptors (Lipinski definition) is 4. The number of ketones is 1. The number of carbonyl (C=O) groups excluding carboxylic acids is 2. The first-order valence-corrected chi connectivity index (χ1v) is 5.73. The molecule has 0 aliphatic carbocycles. The summed E-state index contributed by atoms with van der Waals surface area (Å²) in [7, 11) is 1.30. The SMILES string of the molecule is COC(=O)CC(Br)C(=O)c1cccs1. The topological polar surface area (TPSA) is 43.4 Å². The van der Waals surface area contributed by atoms with E-state index in [2.05, 4.69) is 20.7 Å². The number of alkyl halides is 1. The van der Waals surface area contributed by atoms with E-state index in [-0.39, 0.29) is 12.2 Å². The number of halogens is 1. The molecule has 1 unspecified atom stereocenters. The van der Waals surface area contributed by atoms with Gasteiger partial charge in [0.25, 0.3) is 0 Å². The van der Waals surface area contributed by atoms with Gasteiger partial charge >= 0.3 is 5.97 Å². The van der Waals surface area contributed by atoms with Crippen LogP contribution in [0, 0.1) is 0 Å². The number of hydrogen-bond donors (Lipinski definition) is 0. The first-order valence-electron chi connectivity index (χ1n) is 3.93. The van der Waals surface area contributed by atoms with E-state index in [9.17, 15) is 9.59 Å². The van der Waals surface area contributed by atoms with Crippen molar-refractivity contribution < 1.29 is 14.3 Å². The molecule has 0 aromatic carbocycles. The van der Waals surface area contributed by atoms with E-state index in [1.165, 1.54) is 18.4 Å². The van der Waals surface area contributed by atoms with Gasteiger partial charge in [-0.05, 0) is 11.4 Å². The fourth-order valence-electron chi connectivity index (χ4n) is 0.895. The summed E-state index contributed by atoms with van der Waals surface area (Å²) in [5.74, 6) is -0.470. The standard InChI is InChI=1S/C9H9BrO3S/c1-13-8(11)5-6(10)9(12)7-3-2-4-14-7/h2-4,6H,5H2,1H3. The van der Waals surface area contributed by atoms with Crippen LogP contribution >= 0.6 is 27.3 Å². The second kappa shape index (κ2) is 5.26. The Morgan fingerprint density at radius 3 is 2.86 bits per heavy atom. The zero-order chi connectivity index (χ0) is 10.6. The van der Waals surface area contributed by atoms with Crippen LogP contribution in [0.15, 0.2) is 17.5 Å². The van der Waals surface area contributed by atoms with Crippen LogP contribution in [-0.2, 0) is 9.53 Å². The van der Waals surface area contributed by atoms with Crippen LogP contribution in [-0.4, -0.2) is 23.7 Å². The molecule has 0 amide bonds. The third-order valence-corrected chi connectivity index (χ3v) is 3.25. The molecule has 0 N–H and O–H groups in total. The lowest BCUT2D eigenvalue weighted by atomic mass is 10.2. The minimum absolute atomic E-state index is 0.0627. The lowest BCUT2D eigenvalue weighted by Gasteiger charge is -2.04. The summed E-state index contributed by atoms with van der Waals surface area (Å²) in [6.45, 7) is 0. The van der Waals surface area contributed by atoms with Crippen molar-refractivity contribution in [1.82, 2.24) is 0 Å². The Kier molecular flexibility index (Phi) is 4.28. The molecule has 1 aromatic heterocycles. The average molecular weight is 277 g/mol. The van der Waals surface area contributed by atoms with Gasteiger partial charge in [0.15, 0.2) is 5.78 Å². The molecule has 1 rings (SSSR count). The monoisotopic (exact) mass is 276 g/mol. The molecule has 0 fully saturated rings. The number of rotatable bonds is 4. The van der Waals surface area contributed by atoms with Gasteiger partial charge in [0.2, 0.25) is 0 Å². The third kappa shape index (κ3) is 2.92. The van der Waals surface area contributed by atoms with Crippen LogP contribution in [0.25, 0.3) is 0 Å². The van der Waals surface area contributed by atoms with E-state index < -0.39 is 10.8 Å². The van der Waals surface area contributed by atoms with Crippen LogP contribution in [0.3, 0.4) is 0 Å². The quantitative estimate of drug-likeness (QED) is 0.481. The average Bonchev–Trinajstić information content (AvgIpc) is 2.69. The second-order valence-corrected chi connectivity index (χ2v) is 4.64. The summed E-state index contributed by atoms with van der Waals surface area (Å²) >= 11 is 4.52. The molecule has 14 heavy (non-hydrogen) atoms. The number of thiophene rings is 1. The Labute approximate surface area is 94.2 Å². The van der Waals surface area contributed by atoms with Crippen molar-refractivity contribution >= 4 is 39.0 Å². The summed E-state index contributed by atoms with van der Waals surface area (Å²) in [5.41, 5.74) is 0. The molecule has 0 spiro atoms. The summed E-state index contributed by atoms with van der Waals surface area (Å²) in [4.78, 5) is 22.7. The highest BCUT2D eigenvalue weighted by Gasteiger charge is 2.21. The van der Waals surface area contributed by atoms with E-state index in [1.54, 1.807) is 12.1 Å². The van der Waals surface area contributed by atoms with Crippen molar-refractivity contribution in [3.8, 4) is 0 Å². The van der Waals surface area contributed by atoms with E-state index >= 15 is 0 Å². The Morgan fingerprint density at radius 2 is 2.36 bits per heavy atom. The van der Waals surface area contributed by atoms with Gasteiger partial charge in [-0.25, -0.2) is 0 Å². The van der Waals surface area contributed by atoms with Crippen LogP contribution in [0.1, 0.15) is 16.1 Å². The highest BCUT2D eigenvalue weighted by atomic mass is 79.9. The number of ether oxygens (including phenoxy) is 1. The van der Waals surface area contributed by atoms with Gasteiger partial charge in [0.1, 0.15) is 0 Å². The molecule has 3 nitrogen and oxygen atoms in total. The van der Waals surface area contributed by atoms with Gasteiger partial charge in [0.05, 0.1) is 23.2 Å². The Hall–Kier alpha value is -0.680. The lowest BCUT2D eigenvalue weighted by Crippen LogP contribution is -2.18. The van der Waals surface area contributed by atoms with Crippen LogP contribution in [0.5, 0.6) is 0 Å². The molecule has 0 bridgehead atoms. The summed E-state index contributed by atoms with van der Waals surface area (Å²) in [6, 6.07) is 3.54. The summed E-state index contributed by atoms with van der Waals surface area (Å²) in [5, 5.41) is 1.82. The van der Waals surface area contributed by atoms with Crippen LogP contribution in [0.4, 0.5) is 0 Å². The smallest absolute Gasteiger partial charge is 0.307 e. The van der Waals surface area contributed by atoms with Crippen molar-refractivity contribution in [3.05, 3.63) is 22.4 Å². The van der Waals surface area contributed by atoms with Gasteiger partial charge in [0, 0.05) is 0 Å². The predicted octanol–water partition coefficient (Wildman–Crippen LogP) is 2.26. The molecule has 0 radical (unpaired) electrons. The van der Waals surface area contributed by atoms with E-state index in [0.29, 0.717) is 4.88 Å². The number of carbonyl (C=O) groups is 2. The molecule has 76 valence electrons. The predicted molar refractivity (Wildman–Crippen MR) is 58.0 cm³/mol. The van der Waals surface area contributed by atoms with Crippen molar-refractivity contribution in [2.24, 2.45) is 0 Å². The highest BCUT2D eigenvalue weighted by Crippen LogP contribution is 2.17. The molecular weight excluding hydrogens is 268 g/mol. The molecule has 1 aromatic rings. The van der Waals surface area contributed by atoms with Gasteiger partial charge < -0.3 is 4.74 Å². The molecule has 0 saturated carbocycles. The van der Waals surface area contributed by atoms with Crippen molar-refractivity contribution in [1.29, 1.82) is 0 Å². The van der Waals surface area contributed by atoms with Crippen molar-refractivity contribution in [2.75, 3.05) is 7.11 Å². The fraction of sp³-hybridized carbons (Fsp3) is 0.333. The Balaban J connectivity index is 2.58. The van der Waals surface area contributed by atoms with Gasteiger partial charge in [-0.2, -0.15) is 0 Å². The van der Waals surface area contributed by atoms with E-state index in [4.69, 9.17) is 0 Å². The Bertz CT molecular complexity index is 321. The van der Waals surface area contributed by atoms with E-state index in [0.717, 1.165) is 0 Å². The first kappa shape index (κ1) is 11.4. The molecule has 0 aliphatic heterocycles. The summed E-state index contributed by atoms with van der Waals surface area (Å²) < 4.78 is 4.47. The minimum atomic E-state index is -0.492. The molecule has 5 heteroatoms. The van der Waals surface area contributed by atoms with Crippen molar-refractivity contribution in [2.45, 2.75) is 11.2 Å². The van der Waals surface area contributed by atoms with Crippen LogP contribution < -0.4 is 0 Å². The van der Waals surface area contributed by atoms with Crippen LogP contribution in [0.2, 0.25) is 0 Å². The molecular formula is C9H9BrO3S. The molecule has 0 saturated heterocycles. The largest absolute Gasteiger partial charge is 0.469 e. The number of esters is 1. The van der Waals surface area contributed by atoms with Gasteiger partial charge in [-0.1, -0.05) is 22.0 Å². The lowest BCUT2D eigenvalue weighted by molar-refractivity contribution is -0.140. The number of Topliss-reactive ketones (excluding diaryl/α,β-unsaturated/α-hetero) is 1. The van der Waals surface area contributed by atoms with Crippen molar-refractivity contribution in [3.63, 3.8) is 0 Å². The Morgan fingerprint density at radius 1 is 1.64 bits per heavy atom. The fourth-order valence-corrected chi connectivity index (χ4v) is 2.28. The van der Waals surface area contributed by atoms with Gasteiger partial charge in [-0.3, -0.25) is 9.59 Å². The zero-order valence-corrected chi connectivity index (χ0v) is 9.93.